The van der Waals surface area contributed by atoms with Crippen molar-refractivity contribution in [2.24, 2.45) is 0 Å². The maximum absolute atomic E-state index is 12.1. The SMILES string of the molecule is CCCCOc1cccc(NCC(=O)Nc2cccc(NC(C)=O)c2)c1. The number of benzene rings is 2. The highest BCUT2D eigenvalue weighted by Crippen LogP contribution is 2.18. The van der Waals surface area contributed by atoms with E-state index in [0.29, 0.717) is 18.0 Å². The lowest BCUT2D eigenvalue weighted by Crippen LogP contribution is -2.21. The maximum Gasteiger partial charge on any atom is 0.243 e. The summed E-state index contributed by atoms with van der Waals surface area (Å²) in [6, 6.07) is 14.6. The Balaban J connectivity index is 1.85. The van der Waals surface area contributed by atoms with Crippen molar-refractivity contribution >= 4 is 28.9 Å². The van der Waals surface area contributed by atoms with Crippen molar-refractivity contribution in [3.05, 3.63) is 48.5 Å². The van der Waals surface area contributed by atoms with Crippen LogP contribution in [0, 0.1) is 0 Å². The molecule has 0 aliphatic rings. The summed E-state index contributed by atoms with van der Waals surface area (Å²) in [7, 11) is 0. The molecule has 0 aliphatic carbocycles. The molecule has 138 valence electrons. The average molecular weight is 355 g/mol. The standard InChI is InChI=1S/C20H25N3O3/c1-3-4-11-26-19-10-6-7-16(13-19)21-14-20(25)23-18-9-5-8-17(12-18)22-15(2)24/h5-10,12-13,21H,3-4,11,14H2,1-2H3,(H,22,24)(H,23,25). The van der Waals surface area contributed by atoms with Gasteiger partial charge in [-0.05, 0) is 36.8 Å². The monoisotopic (exact) mass is 355 g/mol. The normalized spacial score (nSPS) is 10.1. The number of carbonyl (C=O) groups excluding carboxylic acids is 2. The quantitative estimate of drug-likeness (QED) is 0.597. The molecule has 0 saturated heterocycles. The van der Waals surface area contributed by atoms with Crippen molar-refractivity contribution in [2.45, 2.75) is 26.7 Å². The molecule has 0 spiro atoms. The number of ether oxygens (including phenoxy) is 1. The van der Waals surface area contributed by atoms with Crippen molar-refractivity contribution in [1.82, 2.24) is 0 Å². The van der Waals surface area contributed by atoms with Gasteiger partial charge in [-0.25, -0.2) is 0 Å². The zero-order chi connectivity index (χ0) is 18.8. The molecule has 2 amide bonds. The summed E-state index contributed by atoms with van der Waals surface area (Å²) in [6.07, 6.45) is 2.10. The number of rotatable bonds is 9. The van der Waals surface area contributed by atoms with Gasteiger partial charge in [0.15, 0.2) is 0 Å². The van der Waals surface area contributed by atoms with Crippen molar-refractivity contribution in [1.29, 1.82) is 0 Å². The molecule has 0 bridgehead atoms. The molecule has 6 heteroatoms. The summed E-state index contributed by atoms with van der Waals surface area (Å²) in [5.41, 5.74) is 2.08. The second-order valence-electron chi connectivity index (χ2n) is 5.89. The van der Waals surface area contributed by atoms with Gasteiger partial charge in [-0.2, -0.15) is 0 Å². The highest BCUT2D eigenvalue weighted by Gasteiger charge is 2.04. The molecular formula is C20H25N3O3. The number of unbranched alkanes of at least 4 members (excludes halogenated alkanes) is 1. The summed E-state index contributed by atoms with van der Waals surface area (Å²) in [4.78, 5) is 23.2. The van der Waals surface area contributed by atoms with Crippen LogP contribution in [0.25, 0.3) is 0 Å². The largest absolute Gasteiger partial charge is 0.494 e. The summed E-state index contributed by atoms with van der Waals surface area (Å²) in [5.74, 6) is 0.449. The van der Waals surface area contributed by atoms with Gasteiger partial charge in [0.2, 0.25) is 11.8 Å². The van der Waals surface area contributed by atoms with E-state index in [4.69, 9.17) is 4.74 Å². The number of hydrogen-bond donors (Lipinski definition) is 3. The van der Waals surface area contributed by atoms with Gasteiger partial charge in [0.25, 0.3) is 0 Å². The van der Waals surface area contributed by atoms with Crippen molar-refractivity contribution in [3.63, 3.8) is 0 Å². The first-order valence-corrected chi connectivity index (χ1v) is 8.71. The first kappa shape index (κ1) is 19.3. The third-order valence-corrected chi connectivity index (χ3v) is 3.52. The molecule has 2 aromatic carbocycles. The Morgan fingerprint density at radius 1 is 0.962 bits per heavy atom. The van der Waals surface area contributed by atoms with E-state index in [1.807, 2.05) is 24.3 Å². The van der Waals surface area contributed by atoms with Gasteiger partial charge in [-0.3, -0.25) is 9.59 Å². The van der Waals surface area contributed by atoms with Gasteiger partial charge in [0.05, 0.1) is 13.2 Å². The summed E-state index contributed by atoms with van der Waals surface area (Å²) < 4.78 is 5.66. The van der Waals surface area contributed by atoms with Gasteiger partial charge in [0, 0.05) is 30.1 Å². The molecule has 0 radical (unpaired) electrons. The topological polar surface area (TPSA) is 79.5 Å². The van der Waals surface area contributed by atoms with E-state index in [1.165, 1.54) is 6.92 Å². The first-order valence-electron chi connectivity index (χ1n) is 8.71. The minimum absolute atomic E-state index is 0.128. The smallest absolute Gasteiger partial charge is 0.243 e. The van der Waals surface area contributed by atoms with Gasteiger partial charge >= 0.3 is 0 Å². The van der Waals surface area contributed by atoms with Crippen molar-refractivity contribution < 1.29 is 14.3 Å². The fraction of sp³-hybridized carbons (Fsp3) is 0.300. The predicted molar refractivity (Wildman–Crippen MR) is 105 cm³/mol. The fourth-order valence-electron chi connectivity index (χ4n) is 2.30. The Morgan fingerprint density at radius 2 is 1.65 bits per heavy atom. The van der Waals surface area contributed by atoms with E-state index >= 15 is 0 Å². The van der Waals surface area contributed by atoms with Crippen LogP contribution in [0.1, 0.15) is 26.7 Å². The number of hydrogen-bond acceptors (Lipinski definition) is 4. The lowest BCUT2D eigenvalue weighted by atomic mass is 10.2. The second kappa shape index (κ2) is 10.1. The van der Waals surface area contributed by atoms with Crippen LogP contribution in [0.2, 0.25) is 0 Å². The van der Waals surface area contributed by atoms with Crippen LogP contribution in [0.15, 0.2) is 48.5 Å². The van der Waals surface area contributed by atoms with Crippen LogP contribution in [0.5, 0.6) is 5.75 Å². The van der Waals surface area contributed by atoms with E-state index in [0.717, 1.165) is 24.3 Å². The summed E-state index contributed by atoms with van der Waals surface area (Å²) in [5, 5.41) is 8.56. The van der Waals surface area contributed by atoms with Gasteiger partial charge in [0.1, 0.15) is 5.75 Å². The Hall–Kier alpha value is -3.02. The third-order valence-electron chi connectivity index (χ3n) is 3.52. The summed E-state index contributed by atoms with van der Waals surface area (Å²) >= 11 is 0. The van der Waals surface area contributed by atoms with E-state index in [-0.39, 0.29) is 18.4 Å². The zero-order valence-corrected chi connectivity index (χ0v) is 15.2. The molecule has 6 nitrogen and oxygen atoms in total. The second-order valence-corrected chi connectivity index (χ2v) is 5.89. The average Bonchev–Trinajstić information content (AvgIpc) is 2.60. The van der Waals surface area contributed by atoms with Crippen LogP contribution >= 0.6 is 0 Å². The maximum atomic E-state index is 12.1. The Bertz CT molecular complexity index is 747. The molecular weight excluding hydrogens is 330 g/mol. The summed E-state index contributed by atoms with van der Waals surface area (Å²) in [6.45, 7) is 4.37. The minimum atomic E-state index is -0.178. The Morgan fingerprint density at radius 3 is 2.38 bits per heavy atom. The first-order chi connectivity index (χ1) is 12.6. The van der Waals surface area contributed by atoms with Crippen molar-refractivity contribution in [2.75, 3.05) is 29.1 Å². The highest BCUT2D eigenvalue weighted by atomic mass is 16.5. The van der Waals surface area contributed by atoms with Crippen LogP contribution in [-0.4, -0.2) is 25.0 Å². The van der Waals surface area contributed by atoms with Gasteiger partial charge in [-0.1, -0.05) is 25.5 Å². The molecule has 2 aromatic rings. The predicted octanol–water partition coefficient (Wildman–Crippen LogP) is 3.87. The van der Waals surface area contributed by atoms with Crippen molar-refractivity contribution in [3.8, 4) is 5.75 Å². The fourth-order valence-corrected chi connectivity index (χ4v) is 2.30. The molecule has 0 aromatic heterocycles. The van der Waals surface area contributed by atoms with E-state index in [1.54, 1.807) is 24.3 Å². The van der Waals surface area contributed by atoms with E-state index < -0.39 is 0 Å². The molecule has 0 fully saturated rings. The lowest BCUT2D eigenvalue weighted by molar-refractivity contribution is -0.115. The number of carbonyl (C=O) groups is 2. The molecule has 2 rings (SSSR count). The van der Waals surface area contributed by atoms with Crippen LogP contribution in [-0.2, 0) is 9.59 Å². The van der Waals surface area contributed by atoms with Gasteiger partial charge < -0.3 is 20.7 Å². The minimum Gasteiger partial charge on any atom is -0.494 e. The Kier molecular flexibility index (Phi) is 7.49. The third kappa shape index (κ3) is 6.84. The molecule has 0 aliphatic heterocycles. The Labute approximate surface area is 153 Å². The molecule has 3 N–H and O–H groups in total. The van der Waals surface area contributed by atoms with E-state index in [9.17, 15) is 9.59 Å². The number of anilines is 3. The van der Waals surface area contributed by atoms with Crippen LogP contribution in [0.4, 0.5) is 17.1 Å². The lowest BCUT2D eigenvalue weighted by Gasteiger charge is -2.11. The van der Waals surface area contributed by atoms with Gasteiger partial charge in [-0.15, -0.1) is 0 Å². The highest BCUT2D eigenvalue weighted by molar-refractivity contribution is 5.95. The molecule has 26 heavy (non-hydrogen) atoms. The number of amides is 2. The number of nitrogens with one attached hydrogen (secondary N) is 3. The van der Waals surface area contributed by atoms with Crippen LogP contribution < -0.4 is 20.7 Å². The van der Waals surface area contributed by atoms with E-state index in [2.05, 4.69) is 22.9 Å². The molecule has 0 unspecified atom stereocenters. The molecule has 0 saturated carbocycles. The molecule has 0 heterocycles. The zero-order valence-electron chi connectivity index (χ0n) is 15.2. The van der Waals surface area contributed by atoms with Crippen LogP contribution in [0.3, 0.4) is 0 Å². The molecule has 0 atom stereocenters.